The maximum Gasteiger partial charge on any atom is 0.336 e. The summed E-state index contributed by atoms with van der Waals surface area (Å²) >= 11 is 1.05. The van der Waals surface area contributed by atoms with Gasteiger partial charge in [0, 0.05) is 17.2 Å². The van der Waals surface area contributed by atoms with E-state index in [1.807, 2.05) is 0 Å². The maximum atomic E-state index is 11.7. The summed E-state index contributed by atoms with van der Waals surface area (Å²) in [6, 6.07) is 2.66. The number of amides is 2. The molecule has 1 heterocycles. The minimum Gasteiger partial charge on any atom is -0.478 e. The normalized spacial score (nSPS) is 10.1. The Morgan fingerprint density at radius 3 is 2.60 bits per heavy atom. The Kier molecular flexibility index (Phi) is 3.94. The number of rotatable bonds is 3. The van der Waals surface area contributed by atoms with Crippen LogP contribution in [-0.2, 0) is 0 Å². The maximum absolute atomic E-state index is 11.7. The van der Waals surface area contributed by atoms with Gasteiger partial charge < -0.3 is 10.4 Å². The largest absolute Gasteiger partial charge is 0.478 e. The highest BCUT2D eigenvalue weighted by Gasteiger charge is 2.12. The number of carbonyl (C=O) groups excluding carboxylic acids is 1. The molecule has 1 aromatic heterocycles. The summed E-state index contributed by atoms with van der Waals surface area (Å²) in [7, 11) is 0. The lowest BCUT2D eigenvalue weighted by molar-refractivity contribution is 0.0696. The third-order valence-corrected chi connectivity index (χ3v) is 3.33. The molecule has 7 nitrogen and oxygen atoms in total. The molecule has 0 unspecified atom stereocenters. The first-order valence-electron chi connectivity index (χ1n) is 5.67. The summed E-state index contributed by atoms with van der Waals surface area (Å²) in [5.41, 5.74) is 2.05. The number of nitrogens with zero attached hydrogens (tertiary/aromatic N) is 2. The number of aryl methyl sites for hydroxylation is 1. The van der Waals surface area contributed by atoms with E-state index in [9.17, 15) is 9.59 Å². The van der Waals surface area contributed by atoms with Gasteiger partial charge >= 0.3 is 12.0 Å². The Morgan fingerprint density at radius 1 is 1.25 bits per heavy atom. The number of carbonyl (C=O) groups is 2. The Balaban J connectivity index is 2.17. The summed E-state index contributed by atoms with van der Waals surface area (Å²) in [6.45, 7) is 3.52. The number of anilines is 2. The molecule has 0 aliphatic rings. The molecule has 0 aliphatic carbocycles. The molecule has 1 aromatic carbocycles. The Hall–Kier alpha value is -2.48. The van der Waals surface area contributed by atoms with E-state index < -0.39 is 12.0 Å². The summed E-state index contributed by atoms with van der Waals surface area (Å²) < 4.78 is 3.62. The number of carboxylic acid groups (broad SMARTS) is 1. The molecule has 20 heavy (non-hydrogen) atoms. The van der Waals surface area contributed by atoms with E-state index in [1.165, 1.54) is 12.3 Å². The third kappa shape index (κ3) is 3.09. The highest BCUT2D eigenvalue weighted by atomic mass is 32.1. The van der Waals surface area contributed by atoms with E-state index in [0.717, 1.165) is 17.1 Å². The van der Waals surface area contributed by atoms with Crippen LogP contribution in [0.2, 0.25) is 0 Å². The number of benzene rings is 1. The SMILES string of the molecule is Cc1cc(NC(=O)Nc2cnns2)cc(C(=O)O)c1C. The Labute approximate surface area is 118 Å². The van der Waals surface area contributed by atoms with Crippen LogP contribution in [0.15, 0.2) is 18.3 Å². The van der Waals surface area contributed by atoms with Gasteiger partial charge in [-0.05, 0) is 37.1 Å². The van der Waals surface area contributed by atoms with Crippen LogP contribution >= 0.6 is 11.5 Å². The van der Waals surface area contributed by atoms with Crippen LogP contribution < -0.4 is 10.6 Å². The van der Waals surface area contributed by atoms with E-state index in [4.69, 9.17) is 5.11 Å². The first-order valence-corrected chi connectivity index (χ1v) is 6.44. The number of carboxylic acids is 1. The fraction of sp³-hybridized carbons (Fsp3) is 0.167. The first-order chi connectivity index (χ1) is 9.47. The van der Waals surface area contributed by atoms with Crippen molar-refractivity contribution < 1.29 is 14.7 Å². The molecular formula is C12H12N4O3S. The van der Waals surface area contributed by atoms with Crippen molar-refractivity contribution in [2.75, 3.05) is 10.6 Å². The predicted molar refractivity (Wildman–Crippen MR) is 75.4 cm³/mol. The molecule has 0 spiro atoms. The van der Waals surface area contributed by atoms with Crippen LogP contribution in [0.3, 0.4) is 0 Å². The van der Waals surface area contributed by atoms with Crippen LogP contribution in [0.5, 0.6) is 0 Å². The molecule has 0 aliphatic heterocycles. The average Bonchev–Trinajstić information content (AvgIpc) is 2.85. The number of nitrogens with one attached hydrogen (secondary N) is 2. The lowest BCUT2D eigenvalue weighted by atomic mass is 10.0. The summed E-state index contributed by atoms with van der Waals surface area (Å²) in [5, 5.41) is 18.3. The molecule has 104 valence electrons. The van der Waals surface area contributed by atoms with Gasteiger partial charge in [-0.15, -0.1) is 5.10 Å². The molecule has 0 radical (unpaired) electrons. The van der Waals surface area contributed by atoms with Gasteiger partial charge in [-0.25, -0.2) is 9.59 Å². The van der Waals surface area contributed by atoms with Crippen LogP contribution in [0, 0.1) is 13.8 Å². The van der Waals surface area contributed by atoms with Gasteiger partial charge in [0.2, 0.25) is 0 Å². The lowest BCUT2D eigenvalue weighted by Gasteiger charge is -2.10. The molecule has 2 rings (SSSR count). The zero-order valence-electron chi connectivity index (χ0n) is 10.8. The molecule has 3 N–H and O–H groups in total. The van der Waals surface area contributed by atoms with Crippen LogP contribution in [0.4, 0.5) is 15.5 Å². The van der Waals surface area contributed by atoms with Gasteiger partial charge in [0.05, 0.1) is 11.8 Å². The van der Waals surface area contributed by atoms with Crippen molar-refractivity contribution in [2.24, 2.45) is 0 Å². The van der Waals surface area contributed by atoms with Gasteiger partial charge in [-0.3, -0.25) is 5.32 Å². The fourth-order valence-electron chi connectivity index (χ4n) is 1.65. The molecule has 0 bridgehead atoms. The van der Waals surface area contributed by atoms with Crippen LogP contribution in [0.25, 0.3) is 0 Å². The van der Waals surface area contributed by atoms with Crippen molar-refractivity contribution >= 4 is 34.2 Å². The molecule has 0 saturated heterocycles. The average molecular weight is 292 g/mol. The Morgan fingerprint density at radius 2 is 2.00 bits per heavy atom. The number of hydrogen-bond donors (Lipinski definition) is 3. The highest BCUT2D eigenvalue weighted by Crippen LogP contribution is 2.20. The smallest absolute Gasteiger partial charge is 0.336 e. The predicted octanol–water partition coefficient (Wildman–Crippen LogP) is 2.50. The summed E-state index contributed by atoms with van der Waals surface area (Å²) in [6.07, 6.45) is 1.42. The molecule has 8 heteroatoms. The molecule has 2 amide bonds. The number of hydrogen-bond acceptors (Lipinski definition) is 5. The van der Waals surface area contributed by atoms with Crippen LogP contribution in [0.1, 0.15) is 21.5 Å². The standard InChI is InChI=1S/C12H12N4O3S/c1-6-3-8(4-9(7(6)2)11(17)18)14-12(19)15-10-5-13-16-20-10/h3-5H,1-2H3,(H,17,18)(H2,14,15,19). The van der Waals surface area contributed by atoms with E-state index in [0.29, 0.717) is 16.3 Å². The topological polar surface area (TPSA) is 104 Å². The molecule has 0 saturated carbocycles. The van der Waals surface area contributed by atoms with Gasteiger partial charge in [-0.1, -0.05) is 4.49 Å². The quantitative estimate of drug-likeness (QED) is 0.806. The van der Waals surface area contributed by atoms with Crippen molar-refractivity contribution in [3.8, 4) is 0 Å². The van der Waals surface area contributed by atoms with Gasteiger partial charge in [0.15, 0.2) is 0 Å². The minimum atomic E-state index is -1.03. The molecule has 0 atom stereocenters. The second-order valence-electron chi connectivity index (χ2n) is 4.13. The lowest BCUT2D eigenvalue weighted by Crippen LogP contribution is -2.19. The second kappa shape index (κ2) is 5.66. The van der Waals surface area contributed by atoms with Crippen molar-refractivity contribution in [1.82, 2.24) is 9.59 Å². The number of aromatic nitrogens is 2. The van der Waals surface area contributed by atoms with E-state index in [-0.39, 0.29) is 5.56 Å². The summed E-state index contributed by atoms with van der Waals surface area (Å²) in [5.74, 6) is -1.03. The van der Waals surface area contributed by atoms with Crippen molar-refractivity contribution in [1.29, 1.82) is 0 Å². The zero-order valence-corrected chi connectivity index (χ0v) is 11.6. The van der Waals surface area contributed by atoms with E-state index >= 15 is 0 Å². The monoisotopic (exact) mass is 292 g/mol. The molecule has 0 fully saturated rings. The van der Waals surface area contributed by atoms with E-state index in [2.05, 4.69) is 20.2 Å². The third-order valence-electron chi connectivity index (χ3n) is 2.75. The van der Waals surface area contributed by atoms with Crippen molar-refractivity contribution in [2.45, 2.75) is 13.8 Å². The molecule has 2 aromatic rings. The fourth-order valence-corrected chi connectivity index (χ4v) is 2.06. The first kappa shape index (κ1) is 13.9. The van der Waals surface area contributed by atoms with Crippen LogP contribution in [-0.4, -0.2) is 26.7 Å². The molecular weight excluding hydrogens is 280 g/mol. The van der Waals surface area contributed by atoms with Crippen molar-refractivity contribution in [3.63, 3.8) is 0 Å². The minimum absolute atomic E-state index is 0.166. The Bertz CT molecular complexity index is 655. The zero-order chi connectivity index (χ0) is 14.7. The number of aromatic carboxylic acids is 1. The second-order valence-corrected chi connectivity index (χ2v) is 4.92. The van der Waals surface area contributed by atoms with Crippen molar-refractivity contribution in [3.05, 3.63) is 35.0 Å². The van der Waals surface area contributed by atoms with Gasteiger partial charge in [0.1, 0.15) is 5.00 Å². The van der Waals surface area contributed by atoms with Gasteiger partial charge in [-0.2, -0.15) is 0 Å². The van der Waals surface area contributed by atoms with Gasteiger partial charge in [0.25, 0.3) is 0 Å². The number of urea groups is 1. The summed E-state index contributed by atoms with van der Waals surface area (Å²) in [4.78, 5) is 22.9. The van der Waals surface area contributed by atoms with E-state index in [1.54, 1.807) is 19.9 Å². The highest BCUT2D eigenvalue weighted by molar-refractivity contribution is 7.10.